The van der Waals surface area contributed by atoms with Crippen LogP contribution in [0.25, 0.3) is 0 Å². The second kappa shape index (κ2) is 12.7. The van der Waals surface area contributed by atoms with Crippen molar-refractivity contribution in [2.24, 2.45) is 0 Å². The maximum absolute atomic E-state index is 13.7. The first-order chi connectivity index (χ1) is 18.0. The predicted octanol–water partition coefficient (Wildman–Crippen LogP) is 4.58. The zero-order valence-corrected chi connectivity index (χ0v) is 21.8. The van der Waals surface area contributed by atoms with Gasteiger partial charge in [-0.05, 0) is 72.3 Å². The summed E-state index contributed by atoms with van der Waals surface area (Å²) in [7, 11) is 3.16. The molecule has 3 aromatic rings. The number of fused-ring (bicyclic) bond motifs is 1. The Labute approximate surface area is 220 Å². The molecule has 1 atom stereocenters. The highest BCUT2D eigenvalue weighted by Crippen LogP contribution is 2.34. The van der Waals surface area contributed by atoms with Gasteiger partial charge in [0.2, 0.25) is 5.91 Å². The predicted molar refractivity (Wildman–Crippen MR) is 140 cm³/mol. The standard InChI is InChI=1S/C28H31FN2O5S/c1-34-15-4-13-30(28(33)20-5-3-6-23(17-20)35-2)18-27(32)31-14-11-26-24(12-16-37-26)25(31)19-36-22-9-7-21(29)8-10-22/h3,5-10,12,16-17,25H,4,11,13-15,18-19H2,1-2H3. The summed E-state index contributed by atoms with van der Waals surface area (Å²) in [6, 6.07) is 14.5. The smallest absolute Gasteiger partial charge is 0.254 e. The molecule has 1 aliphatic heterocycles. The molecular formula is C28H31FN2O5S. The van der Waals surface area contributed by atoms with E-state index < -0.39 is 0 Å². The Hall–Kier alpha value is -3.43. The third kappa shape index (κ3) is 6.67. The number of nitrogens with zero attached hydrogens (tertiary/aromatic N) is 2. The average Bonchev–Trinajstić information content (AvgIpc) is 3.41. The lowest BCUT2D eigenvalue weighted by Crippen LogP contribution is -2.48. The Bertz CT molecular complexity index is 1200. The van der Waals surface area contributed by atoms with Gasteiger partial charge in [-0.3, -0.25) is 9.59 Å². The summed E-state index contributed by atoms with van der Waals surface area (Å²) >= 11 is 1.67. The van der Waals surface area contributed by atoms with Gasteiger partial charge >= 0.3 is 0 Å². The van der Waals surface area contributed by atoms with Gasteiger partial charge in [0.05, 0.1) is 13.2 Å². The fourth-order valence-electron chi connectivity index (χ4n) is 4.43. The van der Waals surface area contributed by atoms with Crippen LogP contribution in [-0.2, 0) is 16.0 Å². The number of carbonyl (C=O) groups excluding carboxylic acids is 2. The van der Waals surface area contributed by atoms with Crippen LogP contribution >= 0.6 is 11.3 Å². The fourth-order valence-corrected chi connectivity index (χ4v) is 5.35. The molecular weight excluding hydrogens is 495 g/mol. The molecule has 7 nitrogen and oxygen atoms in total. The number of methoxy groups -OCH3 is 2. The van der Waals surface area contributed by atoms with Crippen molar-refractivity contribution in [3.05, 3.63) is 81.8 Å². The van der Waals surface area contributed by atoms with E-state index in [4.69, 9.17) is 14.2 Å². The van der Waals surface area contributed by atoms with E-state index in [2.05, 4.69) is 0 Å². The molecule has 37 heavy (non-hydrogen) atoms. The molecule has 2 aromatic carbocycles. The van der Waals surface area contributed by atoms with Crippen LogP contribution in [0.1, 0.15) is 33.3 Å². The van der Waals surface area contributed by atoms with Gasteiger partial charge in [-0.15, -0.1) is 11.3 Å². The highest BCUT2D eigenvalue weighted by molar-refractivity contribution is 7.10. The zero-order chi connectivity index (χ0) is 26.2. The third-order valence-electron chi connectivity index (χ3n) is 6.34. The Kier molecular flexibility index (Phi) is 9.14. The molecule has 0 radical (unpaired) electrons. The minimum Gasteiger partial charge on any atom is -0.497 e. The van der Waals surface area contributed by atoms with Gasteiger partial charge < -0.3 is 24.0 Å². The molecule has 2 amide bonds. The first-order valence-corrected chi connectivity index (χ1v) is 13.0. The van der Waals surface area contributed by atoms with Crippen LogP contribution in [-0.4, -0.2) is 68.7 Å². The number of ether oxygens (including phenoxy) is 3. The summed E-state index contributed by atoms with van der Waals surface area (Å²) < 4.78 is 29.7. The van der Waals surface area contributed by atoms with E-state index in [0.29, 0.717) is 43.2 Å². The van der Waals surface area contributed by atoms with Crippen molar-refractivity contribution < 1.29 is 28.2 Å². The van der Waals surface area contributed by atoms with Crippen molar-refractivity contribution in [1.29, 1.82) is 0 Å². The molecule has 4 rings (SSSR count). The van der Waals surface area contributed by atoms with E-state index in [1.165, 1.54) is 17.0 Å². The lowest BCUT2D eigenvalue weighted by molar-refractivity contribution is -0.135. The van der Waals surface area contributed by atoms with Crippen LogP contribution in [0.2, 0.25) is 0 Å². The number of hydrogen-bond donors (Lipinski definition) is 0. The van der Waals surface area contributed by atoms with Gasteiger partial charge in [0.25, 0.3) is 5.91 Å². The Morgan fingerprint density at radius 2 is 1.92 bits per heavy atom. The molecule has 1 unspecified atom stereocenters. The van der Waals surface area contributed by atoms with E-state index >= 15 is 0 Å². The van der Waals surface area contributed by atoms with E-state index in [9.17, 15) is 14.0 Å². The molecule has 0 aliphatic carbocycles. The molecule has 1 aliphatic rings. The average molecular weight is 527 g/mol. The number of carbonyl (C=O) groups is 2. The molecule has 2 heterocycles. The number of thiophene rings is 1. The van der Waals surface area contributed by atoms with Crippen molar-refractivity contribution in [1.82, 2.24) is 9.80 Å². The highest BCUT2D eigenvalue weighted by atomic mass is 32.1. The quantitative estimate of drug-likeness (QED) is 0.342. The van der Waals surface area contributed by atoms with Crippen LogP contribution < -0.4 is 9.47 Å². The molecule has 196 valence electrons. The van der Waals surface area contributed by atoms with Gasteiger partial charge in [0, 0.05) is 37.2 Å². The van der Waals surface area contributed by atoms with Crippen molar-refractivity contribution >= 4 is 23.2 Å². The summed E-state index contributed by atoms with van der Waals surface area (Å²) in [5.74, 6) is 0.378. The monoisotopic (exact) mass is 526 g/mol. The summed E-state index contributed by atoms with van der Waals surface area (Å²) in [5, 5.41) is 2.02. The zero-order valence-electron chi connectivity index (χ0n) is 21.0. The minimum atomic E-state index is -0.337. The highest BCUT2D eigenvalue weighted by Gasteiger charge is 2.33. The number of amides is 2. The molecule has 0 saturated carbocycles. The molecule has 9 heteroatoms. The summed E-state index contributed by atoms with van der Waals surface area (Å²) in [4.78, 5) is 31.7. The van der Waals surface area contributed by atoms with Gasteiger partial charge in [0.15, 0.2) is 0 Å². The van der Waals surface area contributed by atoms with Gasteiger partial charge in [-0.25, -0.2) is 4.39 Å². The Morgan fingerprint density at radius 1 is 1.11 bits per heavy atom. The first kappa shape index (κ1) is 26.6. The Balaban J connectivity index is 1.52. The van der Waals surface area contributed by atoms with Crippen LogP contribution in [0.3, 0.4) is 0 Å². The SMILES string of the molecule is COCCCN(CC(=O)N1CCc2sccc2C1COc1ccc(F)cc1)C(=O)c1cccc(OC)c1. The molecule has 0 N–H and O–H groups in total. The number of hydrogen-bond acceptors (Lipinski definition) is 6. The fraction of sp³-hybridized carbons (Fsp3) is 0.357. The van der Waals surface area contributed by atoms with Crippen LogP contribution in [0.4, 0.5) is 4.39 Å². The van der Waals surface area contributed by atoms with Crippen molar-refractivity contribution in [2.75, 3.05) is 47.1 Å². The lowest BCUT2D eigenvalue weighted by atomic mass is 10.0. The van der Waals surface area contributed by atoms with Crippen molar-refractivity contribution in [3.8, 4) is 11.5 Å². The maximum atomic E-state index is 13.7. The van der Waals surface area contributed by atoms with E-state index in [0.717, 1.165) is 12.0 Å². The number of halogens is 1. The lowest BCUT2D eigenvalue weighted by Gasteiger charge is -2.37. The second-order valence-electron chi connectivity index (χ2n) is 8.72. The van der Waals surface area contributed by atoms with E-state index in [1.54, 1.807) is 71.8 Å². The molecule has 0 spiro atoms. The summed E-state index contributed by atoms with van der Waals surface area (Å²) in [6.07, 6.45) is 1.35. The first-order valence-electron chi connectivity index (χ1n) is 12.2. The van der Waals surface area contributed by atoms with Crippen LogP contribution in [0.5, 0.6) is 11.5 Å². The van der Waals surface area contributed by atoms with E-state index in [1.807, 2.05) is 11.4 Å². The molecule has 1 aromatic heterocycles. The number of rotatable bonds is 11. The van der Waals surface area contributed by atoms with Gasteiger partial charge in [0.1, 0.15) is 30.5 Å². The van der Waals surface area contributed by atoms with Crippen molar-refractivity contribution in [2.45, 2.75) is 18.9 Å². The molecule has 0 bridgehead atoms. The third-order valence-corrected chi connectivity index (χ3v) is 7.34. The number of benzene rings is 2. The summed E-state index contributed by atoms with van der Waals surface area (Å²) in [6.45, 7) is 1.56. The normalized spacial score (nSPS) is 14.7. The topological polar surface area (TPSA) is 68.3 Å². The van der Waals surface area contributed by atoms with Gasteiger partial charge in [-0.1, -0.05) is 6.07 Å². The maximum Gasteiger partial charge on any atom is 0.254 e. The molecule has 0 saturated heterocycles. The largest absolute Gasteiger partial charge is 0.497 e. The Morgan fingerprint density at radius 3 is 2.68 bits per heavy atom. The minimum absolute atomic E-state index is 0.0632. The molecule has 0 fully saturated rings. The second-order valence-corrected chi connectivity index (χ2v) is 9.72. The van der Waals surface area contributed by atoms with Gasteiger partial charge in [-0.2, -0.15) is 0 Å². The van der Waals surface area contributed by atoms with Crippen molar-refractivity contribution in [3.63, 3.8) is 0 Å². The van der Waals surface area contributed by atoms with Crippen LogP contribution in [0, 0.1) is 5.82 Å². The van der Waals surface area contributed by atoms with E-state index in [-0.39, 0.29) is 36.8 Å². The van der Waals surface area contributed by atoms with Crippen LogP contribution in [0.15, 0.2) is 60.0 Å². The summed E-state index contributed by atoms with van der Waals surface area (Å²) in [5.41, 5.74) is 1.51.